The second-order valence-electron chi connectivity index (χ2n) is 6.92. The zero-order chi connectivity index (χ0) is 25.2. The minimum Gasteiger partial charge on any atom is -0.507 e. The van der Waals surface area contributed by atoms with E-state index in [1.807, 2.05) is 0 Å². The number of phenols is 2. The smallest absolute Gasteiger partial charge is 0.277 e. The van der Waals surface area contributed by atoms with Crippen molar-refractivity contribution < 1.29 is 24.7 Å². The van der Waals surface area contributed by atoms with Crippen LogP contribution >= 0.6 is 0 Å². The van der Waals surface area contributed by atoms with Crippen molar-refractivity contribution in [1.29, 1.82) is 0 Å². The van der Waals surface area contributed by atoms with Crippen molar-refractivity contribution in [2.75, 3.05) is 0 Å². The standard InChI is InChI=1S/C24H19N5O6/c30-21-7-3-1-5-17(21)14-25-27-23(32)20(13-16-9-11-19(12-10-16)29(34)35)24(33)28-26-15-18-6-2-4-8-22(18)31/h1-15,30-31H,(H,27,32)(H,28,33). The van der Waals surface area contributed by atoms with Crippen molar-refractivity contribution in [3.8, 4) is 11.5 Å². The molecule has 0 saturated carbocycles. The summed E-state index contributed by atoms with van der Waals surface area (Å²) in [7, 11) is 0. The highest BCUT2D eigenvalue weighted by molar-refractivity contribution is 6.21. The number of nitrogens with zero attached hydrogens (tertiary/aromatic N) is 3. The lowest BCUT2D eigenvalue weighted by atomic mass is 10.1. The van der Waals surface area contributed by atoms with Gasteiger partial charge in [-0.1, -0.05) is 24.3 Å². The molecule has 0 spiro atoms. The first-order valence-electron chi connectivity index (χ1n) is 10.0. The number of carbonyl (C=O) groups is 2. The first-order chi connectivity index (χ1) is 16.8. The van der Waals surface area contributed by atoms with E-state index in [1.165, 1.54) is 54.9 Å². The van der Waals surface area contributed by atoms with E-state index in [0.717, 1.165) is 0 Å². The van der Waals surface area contributed by atoms with Gasteiger partial charge in [0.15, 0.2) is 0 Å². The number of hydrazone groups is 2. The fraction of sp³-hybridized carbons (Fsp3) is 0. The molecule has 176 valence electrons. The summed E-state index contributed by atoms with van der Waals surface area (Å²) in [5.41, 5.74) is 4.85. The number of aromatic hydroxyl groups is 2. The van der Waals surface area contributed by atoms with E-state index >= 15 is 0 Å². The first kappa shape index (κ1) is 24.3. The quantitative estimate of drug-likeness (QED) is 0.0980. The Kier molecular flexibility index (Phi) is 8.00. The maximum absolute atomic E-state index is 12.7. The predicted octanol–water partition coefficient (Wildman–Crippen LogP) is 2.69. The zero-order valence-corrected chi connectivity index (χ0v) is 18.0. The van der Waals surface area contributed by atoms with Crippen molar-refractivity contribution in [3.63, 3.8) is 0 Å². The van der Waals surface area contributed by atoms with E-state index in [0.29, 0.717) is 16.7 Å². The van der Waals surface area contributed by atoms with Gasteiger partial charge in [-0.2, -0.15) is 10.2 Å². The van der Waals surface area contributed by atoms with Crippen molar-refractivity contribution in [2.24, 2.45) is 10.2 Å². The van der Waals surface area contributed by atoms with Crippen LogP contribution in [0, 0.1) is 10.1 Å². The number of amides is 2. The summed E-state index contributed by atoms with van der Waals surface area (Å²) in [4.78, 5) is 35.7. The third kappa shape index (κ3) is 6.83. The molecule has 0 radical (unpaired) electrons. The predicted molar refractivity (Wildman–Crippen MR) is 129 cm³/mol. The van der Waals surface area contributed by atoms with Crippen LogP contribution in [0.15, 0.2) is 88.6 Å². The molecular formula is C24H19N5O6. The van der Waals surface area contributed by atoms with Gasteiger partial charge in [-0.15, -0.1) is 0 Å². The van der Waals surface area contributed by atoms with Crippen molar-refractivity contribution in [1.82, 2.24) is 10.9 Å². The molecule has 0 aliphatic rings. The molecule has 3 aromatic rings. The number of benzene rings is 3. The Morgan fingerprint density at radius 3 is 1.66 bits per heavy atom. The number of carbonyl (C=O) groups excluding carboxylic acids is 2. The van der Waals surface area contributed by atoms with Gasteiger partial charge in [0.05, 0.1) is 17.4 Å². The van der Waals surface area contributed by atoms with Crippen LogP contribution in [0.5, 0.6) is 11.5 Å². The number of nitrogens with one attached hydrogen (secondary N) is 2. The molecule has 3 rings (SSSR count). The van der Waals surface area contributed by atoms with E-state index in [-0.39, 0.29) is 17.2 Å². The highest BCUT2D eigenvalue weighted by Crippen LogP contribution is 2.16. The van der Waals surface area contributed by atoms with Gasteiger partial charge in [0.1, 0.15) is 17.1 Å². The number of nitro benzene ring substituents is 1. The number of rotatable bonds is 8. The van der Waals surface area contributed by atoms with Gasteiger partial charge in [-0.25, -0.2) is 10.9 Å². The van der Waals surface area contributed by atoms with Crippen LogP contribution in [0.3, 0.4) is 0 Å². The Labute approximate surface area is 198 Å². The van der Waals surface area contributed by atoms with Gasteiger partial charge in [-0.3, -0.25) is 19.7 Å². The van der Waals surface area contributed by atoms with Gasteiger partial charge in [0, 0.05) is 23.3 Å². The zero-order valence-electron chi connectivity index (χ0n) is 18.0. The summed E-state index contributed by atoms with van der Waals surface area (Å²) in [6.07, 6.45) is 3.61. The Morgan fingerprint density at radius 1 is 0.771 bits per heavy atom. The van der Waals surface area contributed by atoms with Gasteiger partial charge in [0.25, 0.3) is 17.5 Å². The molecule has 4 N–H and O–H groups in total. The Hall–Kier alpha value is -5.32. The highest BCUT2D eigenvalue weighted by Gasteiger charge is 2.18. The minimum atomic E-state index is -0.898. The molecule has 3 aromatic carbocycles. The molecule has 0 unspecified atom stereocenters. The lowest BCUT2D eigenvalue weighted by molar-refractivity contribution is -0.384. The van der Waals surface area contributed by atoms with Crippen LogP contribution < -0.4 is 10.9 Å². The number of hydrogen-bond acceptors (Lipinski definition) is 8. The molecule has 0 aromatic heterocycles. The molecular weight excluding hydrogens is 454 g/mol. The molecule has 35 heavy (non-hydrogen) atoms. The molecule has 0 heterocycles. The molecule has 11 nitrogen and oxygen atoms in total. The van der Waals surface area contributed by atoms with E-state index < -0.39 is 22.3 Å². The summed E-state index contributed by atoms with van der Waals surface area (Å²) < 4.78 is 0. The molecule has 0 saturated heterocycles. The van der Waals surface area contributed by atoms with Crippen LogP contribution in [-0.4, -0.2) is 39.4 Å². The summed E-state index contributed by atoms with van der Waals surface area (Å²) in [5.74, 6) is -1.90. The maximum atomic E-state index is 12.7. The topological polar surface area (TPSA) is 167 Å². The second kappa shape index (κ2) is 11.5. The number of hydrogen-bond donors (Lipinski definition) is 4. The summed E-state index contributed by atoms with van der Waals surface area (Å²) in [6.45, 7) is 0. The normalized spacial score (nSPS) is 10.7. The molecule has 0 atom stereocenters. The van der Waals surface area contributed by atoms with E-state index in [1.54, 1.807) is 36.4 Å². The molecule has 0 aliphatic heterocycles. The van der Waals surface area contributed by atoms with Gasteiger partial charge in [-0.05, 0) is 48.0 Å². The lowest BCUT2D eigenvalue weighted by Crippen LogP contribution is -2.30. The van der Waals surface area contributed by atoms with Crippen LogP contribution in [0.2, 0.25) is 0 Å². The number of phenolic OH excluding ortho intramolecular Hbond substituents is 2. The van der Waals surface area contributed by atoms with Crippen molar-refractivity contribution in [3.05, 3.63) is 105 Å². The van der Waals surface area contributed by atoms with Crippen molar-refractivity contribution >= 4 is 36.0 Å². The Balaban J connectivity index is 1.82. The average Bonchev–Trinajstić information content (AvgIpc) is 2.85. The fourth-order valence-corrected chi connectivity index (χ4v) is 2.73. The van der Waals surface area contributed by atoms with Crippen LogP contribution in [0.25, 0.3) is 6.08 Å². The van der Waals surface area contributed by atoms with Crippen molar-refractivity contribution in [2.45, 2.75) is 0 Å². The van der Waals surface area contributed by atoms with Crippen LogP contribution in [0.1, 0.15) is 16.7 Å². The highest BCUT2D eigenvalue weighted by atomic mass is 16.6. The largest absolute Gasteiger partial charge is 0.507 e. The summed E-state index contributed by atoms with van der Waals surface area (Å²) in [6, 6.07) is 17.8. The third-order valence-electron chi connectivity index (χ3n) is 4.52. The minimum absolute atomic E-state index is 0.0524. The van der Waals surface area contributed by atoms with E-state index in [4.69, 9.17) is 0 Å². The Morgan fingerprint density at radius 2 is 1.23 bits per heavy atom. The van der Waals surface area contributed by atoms with Gasteiger partial charge < -0.3 is 10.2 Å². The number of non-ortho nitro benzene ring substituents is 1. The molecule has 0 aliphatic carbocycles. The lowest BCUT2D eigenvalue weighted by Gasteiger charge is -2.06. The molecule has 2 amide bonds. The number of para-hydroxylation sites is 2. The van der Waals surface area contributed by atoms with Gasteiger partial charge >= 0.3 is 0 Å². The van der Waals surface area contributed by atoms with Gasteiger partial charge in [0.2, 0.25) is 0 Å². The monoisotopic (exact) mass is 473 g/mol. The van der Waals surface area contributed by atoms with E-state index in [9.17, 15) is 29.9 Å². The van der Waals surface area contributed by atoms with Crippen LogP contribution in [-0.2, 0) is 9.59 Å². The van der Waals surface area contributed by atoms with Crippen LogP contribution in [0.4, 0.5) is 5.69 Å². The fourth-order valence-electron chi connectivity index (χ4n) is 2.73. The van der Waals surface area contributed by atoms with E-state index in [2.05, 4.69) is 21.1 Å². The second-order valence-corrected chi connectivity index (χ2v) is 6.92. The average molecular weight is 473 g/mol. The number of nitro groups is 1. The molecule has 0 bridgehead atoms. The molecule has 0 fully saturated rings. The summed E-state index contributed by atoms with van der Waals surface area (Å²) in [5, 5.41) is 37.9. The maximum Gasteiger partial charge on any atom is 0.277 e. The molecule has 11 heteroatoms. The first-order valence-corrected chi connectivity index (χ1v) is 10.0. The third-order valence-corrected chi connectivity index (χ3v) is 4.52. The Bertz CT molecular complexity index is 1260. The SMILES string of the molecule is O=C(NN=Cc1ccccc1O)C(=Cc1ccc([N+](=O)[O-])cc1)C(=O)NN=Cc1ccccc1O. The summed E-state index contributed by atoms with van der Waals surface area (Å²) >= 11 is 0.